The Bertz CT molecular complexity index is 526. The molecule has 108 valence electrons. The highest BCUT2D eigenvalue weighted by molar-refractivity contribution is 6.35. The van der Waals surface area contributed by atoms with Crippen molar-refractivity contribution in [2.75, 3.05) is 26.2 Å². The summed E-state index contributed by atoms with van der Waals surface area (Å²) < 4.78 is 26.7. The number of hydrogen-bond donors (Lipinski definition) is 0. The van der Waals surface area contributed by atoms with E-state index in [0.717, 1.165) is 6.07 Å². The van der Waals surface area contributed by atoms with E-state index in [1.807, 2.05) is 4.90 Å². The van der Waals surface area contributed by atoms with Crippen LogP contribution in [0.1, 0.15) is 12.5 Å². The number of amides is 1. The lowest BCUT2D eigenvalue weighted by molar-refractivity contribution is -0.144. The summed E-state index contributed by atoms with van der Waals surface area (Å²) in [7, 11) is 0. The predicted octanol–water partition coefficient (Wildman–Crippen LogP) is 1.20. The summed E-state index contributed by atoms with van der Waals surface area (Å²) >= 11 is 0. The van der Waals surface area contributed by atoms with Crippen molar-refractivity contribution in [3.05, 3.63) is 35.4 Å². The predicted molar refractivity (Wildman–Crippen MR) is 68.9 cm³/mol. The van der Waals surface area contributed by atoms with Crippen LogP contribution < -0.4 is 0 Å². The number of piperazine rings is 1. The number of rotatable bonds is 3. The van der Waals surface area contributed by atoms with Crippen LogP contribution in [0.2, 0.25) is 0 Å². The topological polar surface area (TPSA) is 40.6 Å². The molecule has 1 amide bonds. The number of hydrogen-bond acceptors (Lipinski definition) is 3. The molecule has 1 aliphatic rings. The highest BCUT2D eigenvalue weighted by atomic mass is 19.2. The van der Waals surface area contributed by atoms with Gasteiger partial charge in [0.2, 0.25) is 5.78 Å². The Labute approximate surface area is 116 Å². The lowest BCUT2D eigenvalue weighted by Crippen LogP contribution is -2.49. The van der Waals surface area contributed by atoms with Gasteiger partial charge in [0.25, 0.3) is 5.91 Å². The van der Waals surface area contributed by atoms with Crippen molar-refractivity contribution in [3.8, 4) is 0 Å². The number of nitrogens with zero attached hydrogens (tertiary/aromatic N) is 2. The molecule has 6 heteroatoms. The Hall–Kier alpha value is -1.82. The summed E-state index contributed by atoms with van der Waals surface area (Å²) in [4.78, 5) is 25.9. The summed E-state index contributed by atoms with van der Waals surface area (Å²) in [5.74, 6) is -2.64. The van der Waals surface area contributed by atoms with Gasteiger partial charge < -0.3 is 4.90 Å². The van der Waals surface area contributed by atoms with Crippen LogP contribution >= 0.6 is 0 Å². The standard InChI is InChI=1S/C14H16F2N2O2/c1-10(19)14(20)18-7-5-17(6-8-18)9-11-3-2-4-12(15)13(11)16/h2-4H,5-9H2,1H3. The molecule has 1 heterocycles. The molecule has 1 saturated heterocycles. The molecule has 20 heavy (non-hydrogen) atoms. The molecule has 1 aliphatic heterocycles. The Kier molecular flexibility index (Phi) is 4.44. The molecule has 1 aromatic carbocycles. The lowest BCUT2D eigenvalue weighted by Gasteiger charge is -2.34. The molecule has 1 aromatic rings. The van der Waals surface area contributed by atoms with Gasteiger partial charge in [-0.3, -0.25) is 14.5 Å². The van der Waals surface area contributed by atoms with Gasteiger partial charge in [-0.1, -0.05) is 12.1 Å². The Morgan fingerprint density at radius 1 is 1.15 bits per heavy atom. The van der Waals surface area contributed by atoms with E-state index >= 15 is 0 Å². The third kappa shape index (κ3) is 3.19. The lowest BCUT2D eigenvalue weighted by atomic mass is 10.1. The molecule has 0 aromatic heterocycles. The minimum atomic E-state index is -0.854. The molecule has 0 unspecified atom stereocenters. The number of ketones is 1. The second-order valence-corrected chi connectivity index (χ2v) is 4.84. The summed E-state index contributed by atoms with van der Waals surface area (Å²) in [6.45, 7) is 3.47. The van der Waals surface area contributed by atoms with Crippen LogP contribution in [-0.2, 0) is 16.1 Å². The fourth-order valence-electron chi connectivity index (χ4n) is 2.24. The van der Waals surface area contributed by atoms with Gasteiger partial charge in [0.1, 0.15) is 0 Å². The van der Waals surface area contributed by atoms with Crippen molar-refractivity contribution in [2.45, 2.75) is 13.5 Å². The Balaban J connectivity index is 1.93. The van der Waals surface area contributed by atoms with Gasteiger partial charge in [0.05, 0.1) is 0 Å². The number of benzene rings is 1. The van der Waals surface area contributed by atoms with Crippen LogP contribution in [0.5, 0.6) is 0 Å². The molecule has 1 fully saturated rings. The molecular formula is C14H16F2N2O2. The van der Waals surface area contributed by atoms with E-state index in [1.54, 1.807) is 6.07 Å². The maximum absolute atomic E-state index is 13.6. The van der Waals surface area contributed by atoms with Crippen molar-refractivity contribution in [1.29, 1.82) is 0 Å². The van der Waals surface area contributed by atoms with Crippen molar-refractivity contribution in [3.63, 3.8) is 0 Å². The molecule has 0 radical (unpaired) electrons. The number of carbonyl (C=O) groups is 2. The van der Waals surface area contributed by atoms with E-state index < -0.39 is 23.3 Å². The Morgan fingerprint density at radius 2 is 1.80 bits per heavy atom. The maximum Gasteiger partial charge on any atom is 0.289 e. The van der Waals surface area contributed by atoms with Crippen LogP contribution in [0.15, 0.2) is 18.2 Å². The summed E-state index contributed by atoms with van der Waals surface area (Å²) in [5.41, 5.74) is 0.302. The van der Waals surface area contributed by atoms with Crippen LogP contribution in [-0.4, -0.2) is 47.7 Å². The van der Waals surface area contributed by atoms with Crippen molar-refractivity contribution in [1.82, 2.24) is 9.80 Å². The monoisotopic (exact) mass is 282 g/mol. The largest absolute Gasteiger partial charge is 0.334 e. The van der Waals surface area contributed by atoms with Gasteiger partial charge in [-0.2, -0.15) is 0 Å². The third-order valence-corrected chi connectivity index (χ3v) is 3.39. The average molecular weight is 282 g/mol. The first-order chi connectivity index (χ1) is 9.49. The Morgan fingerprint density at radius 3 is 2.40 bits per heavy atom. The zero-order valence-corrected chi connectivity index (χ0v) is 11.2. The zero-order chi connectivity index (χ0) is 14.7. The molecule has 4 nitrogen and oxygen atoms in total. The SMILES string of the molecule is CC(=O)C(=O)N1CCN(Cc2cccc(F)c2F)CC1. The normalized spacial score (nSPS) is 16.2. The molecule has 0 saturated carbocycles. The molecule has 0 aliphatic carbocycles. The molecule has 0 N–H and O–H groups in total. The smallest absolute Gasteiger partial charge is 0.289 e. The van der Waals surface area contributed by atoms with E-state index in [1.165, 1.54) is 17.9 Å². The first kappa shape index (κ1) is 14.6. The van der Waals surface area contributed by atoms with Crippen molar-refractivity contribution in [2.24, 2.45) is 0 Å². The van der Waals surface area contributed by atoms with Crippen molar-refractivity contribution >= 4 is 11.7 Å². The van der Waals surface area contributed by atoms with Crippen LogP contribution in [0.4, 0.5) is 8.78 Å². The van der Waals surface area contributed by atoms with Gasteiger partial charge in [-0.15, -0.1) is 0 Å². The first-order valence-corrected chi connectivity index (χ1v) is 6.44. The highest BCUT2D eigenvalue weighted by Gasteiger charge is 2.24. The minimum absolute atomic E-state index is 0.297. The van der Waals surface area contributed by atoms with Gasteiger partial charge in [0.15, 0.2) is 11.6 Å². The van der Waals surface area contributed by atoms with Gasteiger partial charge in [-0.05, 0) is 6.07 Å². The second-order valence-electron chi connectivity index (χ2n) is 4.84. The number of carbonyl (C=O) groups excluding carboxylic acids is 2. The first-order valence-electron chi connectivity index (χ1n) is 6.44. The summed E-state index contributed by atoms with van der Waals surface area (Å²) in [6.07, 6.45) is 0. The quantitative estimate of drug-likeness (QED) is 0.782. The average Bonchev–Trinajstić information content (AvgIpc) is 2.44. The van der Waals surface area contributed by atoms with E-state index in [9.17, 15) is 18.4 Å². The molecule has 0 atom stereocenters. The van der Waals surface area contributed by atoms with E-state index in [0.29, 0.717) is 38.3 Å². The van der Waals surface area contributed by atoms with Crippen LogP contribution in [0.25, 0.3) is 0 Å². The molecule has 0 spiro atoms. The van der Waals surface area contributed by atoms with Crippen molar-refractivity contribution < 1.29 is 18.4 Å². The molecule has 2 rings (SSSR count). The highest BCUT2D eigenvalue weighted by Crippen LogP contribution is 2.15. The van der Waals surface area contributed by atoms with E-state index in [4.69, 9.17) is 0 Å². The van der Waals surface area contributed by atoms with Gasteiger partial charge in [0, 0.05) is 45.2 Å². The molecular weight excluding hydrogens is 266 g/mol. The molecule has 0 bridgehead atoms. The van der Waals surface area contributed by atoms with Crippen LogP contribution in [0.3, 0.4) is 0 Å². The third-order valence-electron chi connectivity index (χ3n) is 3.39. The number of halogens is 2. The van der Waals surface area contributed by atoms with Crippen LogP contribution in [0, 0.1) is 11.6 Å². The second kappa shape index (κ2) is 6.09. The summed E-state index contributed by atoms with van der Waals surface area (Å²) in [6, 6.07) is 4.11. The fraction of sp³-hybridized carbons (Fsp3) is 0.429. The van der Waals surface area contributed by atoms with E-state index in [-0.39, 0.29) is 0 Å². The summed E-state index contributed by atoms with van der Waals surface area (Å²) in [5, 5.41) is 0. The van der Waals surface area contributed by atoms with Gasteiger partial charge in [-0.25, -0.2) is 8.78 Å². The number of Topliss-reactive ketones (excluding diaryl/α,β-unsaturated/α-hetero) is 1. The minimum Gasteiger partial charge on any atom is -0.334 e. The van der Waals surface area contributed by atoms with E-state index in [2.05, 4.69) is 0 Å². The zero-order valence-electron chi connectivity index (χ0n) is 11.2. The fourth-order valence-corrected chi connectivity index (χ4v) is 2.24. The maximum atomic E-state index is 13.6. The van der Waals surface area contributed by atoms with Gasteiger partial charge >= 0.3 is 0 Å².